The van der Waals surface area contributed by atoms with Gasteiger partial charge in [0.2, 0.25) is 11.8 Å². The molecule has 1 aromatic carbocycles. The molecule has 5 nitrogen and oxygen atoms in total. The number of hydrogen-bond donors (Lipinski definition) is 1. The summed E-state index contributed by atoms with van der Waals surface area (Å²) in [7, 11) is 1.57. The van der Waals surface area contributed by atoms with Gasteiger partial charge in [-0.3, -0.25) is 14.5 Å². The maximum atomic E-state index is 12.2. The maximum Gasteiger partial charge on any atom is 0.235 e. The van der Waals surface area contributed by atoms with Crippen LogP contribution in [0, 0.1) is 5.41 Å². The van der Waals surface area contributed by atoms with Crippen LogP contribution in [0.1, 0.15) is 31.9 Å². The smallest absolute Gasteiger partial charge is 0.235 e. The molecule has 1 unspecified atom stereocenters. The number of para-hydroxylation sites is 1. The molecule has 0 radical (unpaired) electrons. The van der Waals surface area contributed by atoms with Crippen LogP contribution in [0.2, 0.25) is 0 Å². The zero-order valence-electron chi connectivity index (χ0n) is 12.1. The van der Waals surface area contributed by atoms with Crippen molar-refractivity contribution in [2.75, 3.05) is 13.7 Å². The minimum absolute atomic E-state index is 0.159. The summed E-state index contributed by atoms with van der Waals surface area (Å²) in [6, 6.07) is 6.92. The quantitative estimate of drug-likeness (QED) is 0.845. The molecule has 1 atom stereocenters. The average molecular weight is 276 g/mol. The van der Waals surface area contributed by atoms with E-state index >= 15 is 0 Å². The van der Waals surface area contributed by atoms with E-state index in [1.54, 1.807) is 21.0 Å². The number of benzene rings is 1. The second-order valence-electron chi connectivity index (χ2n) is 5.72. The molecule has 0 bridgehead atoms. The third-order valence-electron chi connectivity index (χ3n) is 3.64. The van der Waals surface area contributed by atoms with Gasteiger partial charge in [0.1, 0.15) is 5.75 Å². The Morgan fingerprint density at radius 2 is 2.00 bits per heavy atom. The number of amides is 2. The van der Waals surface area contributed by atoms with Gasteiger partial charge in [-0.05, 0) is 6.07 Å². The summed E-state index contributed by atoms with van der Waals surface area (Å²) < 4.78 is 5.26. The van der Waals surface area contributed by atoms with E-state index in [9.17, 15) is 9.59 Å². The molecule has 0 saturated carbocycles. The summed E-state index contributed by atoms with van der Waals surface area (Å²) in [5.41, 5.74) is 6.30. The Hall–Kier alpha value is -1.88. The van der Waals surface area contributed by atoms with Crippen LogP contribution in [0.15, 0.2) is 24.3 Å². The van der Waals surface area contributed by atoms with E-state index in [0.29, 0.717) is 5.75 Å². The number of rotatable bonds is 4. The van der Waals surface area contributed by atoms with Crippen LogP contribution in [0.3, 0.4) is 0 Å². The Morgan fingerprint density at radius 3 is 2.55 bits per heavy atom. The van der Waals surface area contributed by atoms with Crippen molar-refractivity contribution < 1.29 is 14.3 Å². The van der Waals surface area contributed by atoms with Crippen molar-refractivity contribution in [3.63, 3.8) is 0 Å². The summed E-state index contributed by atoms with van der Waals surface area (Å²) in [5, 5.41) is 0. The van der Waals surface area contributed by atoms with Gasteiger partial charge in [-0.2, -0.15) is 0 Å². The van der Waals surface area contributed by atoms with Crippen LogP contribution in [0.4, 0.5) is 0 Å². The SMILES string of the molecule is COc1ccccc1C(N)CN1C(=O)CC(C)(C)C1=O. The molecular formula is C15H20N2O3. The number of ether oxygens (including phenoxy) is 1. The molecule has 1 heterocycles. The Bertz CT molecular complexity index is 540. The van der Waals surface area contributed by atoms with Gasteiger partial charge in [-0.25, -0.2) is 0 Å². The summed E-state index contributed by atoms with van der Waals surface area (Å²) in [6.45, 7) is 3.74. The topological polar surface area (TPSA) is 72.6 Å². The number of nitrogens with zero attached hydrogens (tertiary/aromatic N) is 1. The van der Waals surface area contributed by atoms with Crippen molar-refractivity contribution in [2.24, 2.45) is 11.1 Å². The van der Waals surface area contributed by atoms with E-state index in [-0.39, 0.29) is 24.8 Å². The largest absolute Gasteiger partial charge is 0.496 e. The van der Waals surface area contributed by atoms with E-state index in [1.807, 2.05) is 24.3 Å². The van der Waals surface area contributed by atoms with Gasteiger partial charge < -0.3 is 10.5 Å². The van der Waals surface area contributed by atoms with Crippen molar-refractivity contribution >= 4 is 11.8 Å². The fraction of sp³-hybridized carbons (Fsp3) is 0.467. The van der Waals surface area contributed by atoms with Crippen molar-refractivity contribution in [2.45, 2.75) is 26.3 Å². The highest BCUT2D eigenvalue weighted by atomic mass is 16.5. The lowest BCUT2D eigenvalue weighted by molar-refractivity contribution is -0.141. The van der Waals surface area contributed by atoms with E-state index in [1.165, 1.54) is 4.90 Å². The molecule has 1 saturated heterocycles. The number of carbonyl (C=O) groups excluding carboxylic acids is 2. The number of carbonyl (C=O) groups is 2. The number of hydrogen-bond acceptors (Lipinski definition) is 4. The number of nitrogens with two attached hydrogens (primary N) is 1. The lowest BCUT2D eigenvalue weighted by atomic mass is 9.92. The second kappa shape index (κ2) is 5.25. The molecule has 1 aliphatic heterocycles. The van der Waals surface area contributed by atoms with Gasteiger partial charge in [0.05, 0.1) is 18.6 Å². The maximum absolute atomic E-state index is 12.2. The van der Waals surface area contributed by atoms with Gasteiger partial charge in [0, 0.05) is 18.5 Å². The molecule has 0 spiro atoms. The number of likely N-dealkylation sites (tertiary alicyclic amines) is 1. The van der Waals surface area contributed by atoms with Gasteiger partial charge in [0.25, 0.3) is 0 Å². The van der Waals surface area contributed by atoms with Crippen molar-refractivity contribution in [1.82, 2.24) is 4.90 Å². The highest BCUT2D eigenvalue weighted by Gasteiger charge is 2.45. The molecule has 5 heteroatoms. The minimum atomic E-state index is -0.627. The summed E-state index contributed by atoms with van der Waals surface area (Å²) in [4.78, 5) is 25.4. The molecule has 2 rings (SSSR count). The molecule has 1 aromatic rings. The van der Waals surface area contributed by atoms with Crippen LogP contribution in [0.25, 0.3) is 0 Å². The van der Waals surface area contributed by atoms with E-state index in [2.05, 4.69) is 0 Å². The van der Waals surface area contributed by atoms with Crippen molar-refractivity contribution in [1.29, 1.82) is 0 Å². The third kappa shape index (κ3) is 2.54. The van der Waals surface area contributed by atoms with Gasteiger partial charge >= 0.3 is 0 Å². The first kappa shape index (κ1) is 14.5. The average Bonchev–Trinajstić information content (AvgIpc) is 2.60. The fourth-order valence-electron chi connectivity index (χ4n) is 2.48. The molecule has 1 aliphatic rings. The van der Waals surface area contributed by atoms with Gasteiger partial charge in [0.15, 0.2) is 0 Å². The molecule has 2 N–H and O–H groups in total. The molecule has 1 fully saturated rings. The first-order chi connectivity index (χ1) is 9.36. The molecule has 108 valence electrons. The third-order valence-corrected chi connectivity index (χ3v) is 3.64. The number of imide groups is 1. The Morgan fingerprint density at radius 1 is 1.35 bits per heavy atom. The molecular weight excluding hydrogens is 256 g/mol. The standard InChI is InChI=1S/C15H20N2O3/c1-15(2)8-13(18)17(14(15)19)9-11(16)10-6-4-5-7-12(10)20-3/h4-7,11H,8-9,16H2,1-3H3. The van der Waals surface area contributed by atoms with Crippen LogP contribution in [-0.4, -0.2) is 30.4 Å². The molecule has 0 aliphatic carbocycles. The molecule has 2 amide bonds. The Labute approximate surface area is 118 Å². The lowest BCUT2D eigenvalue weighted by Gasteiger charge is -2.22. The first-order valence-corrected chi connectivity index (χ1v) is 6.60. The first-order valence-electron chi connectivity index (χ1n) is 6.60. The second-order valence-corrected chi connectivity index (χ2v) is 5.72. The number of methoxy groups -OCH3 is 1. The van der Waals surface area contributed by atoms with Crippen LogP contribution in [-0.2, 0) is 9.59 Å². The van der Waals surface area contributed by atoms with Crippen LogP contribution in [0.5, 0.6) is 5.75 Å². The van der Waals surface area contributed by atoms with Crippen LogP contribution < -0.4 is 10.5 Å². The predicted octanol–water partition coefficient (Wildman–Crippen LogP) is 1.48. The van der Waals surface area contributed by atoms with Crippen molar-refractivity contribution in [3.8, 4) is 5.75 Å². The van der Waals surface area contributed by atoms with E-state index in [0.717, 1.165) is 5.56 Å². The monoisotopic (exact) mass is 276 g/mol. The highest BCUT2D eigenvalue weighted by Crippen LogP contribution is 2.33. The summed E-state index contributed by atoms with van der Waals surface area (Å²) in [5.74, 6) is 0.344. The Kier molecular flexibility index (Phi) is 3.81. The molecule has 20 heavy (non-hydrogen) atoms. The van der Waals surface area contributed by atoms with Gasteiger partial charge in [-0.1, -0.05) is 32.0 Å². The van der Waals surface area contributed by atoms with E-state index < -0.39 is 11.5 Å². The zero-order chi connectivity index (χ0) is 14.9. The summed E-state index contributed by atoms with van der Waals surface area (Å²) >= 11 is 0. The zero-order valence-corrected chi connectivity index (χ0v) is 12.1. The van der Waals surface area contributed by atoms with Gasteiger partial charge in [-0.15, -0.1) is 0 Å². The van der Waals surface area contributed by atoms with E-state index in [4.69, 9.17) is 10.5 Å². The Balaban J connectivity index is 2.18. The normalized spacial score (nSPS) is 19.3. The van der Waals surface area contributed by atoms with Crippen LogP contribution >= 0.6 is 0 Å². The summed E-state index contributed by atoms with van der Waals surface area (Å²) in [6.07, 6.45) is 0.241. The highest BCUT2D eigenvalue weighted by molar-refractivity contribution is 6.05. The predicted molar refractivity (Wildman–Crippen MR) is 75.0 cm³/mol. The molecule has 0 aromatic heterocycles. The lowest BCUT2D eigenvalue weighted by Crippen LogP contribution is -2.38. The van der Waals surface area contributed by atoms with Crippen molar-refractivity contribution in [3.05, 3.63) is 29.8 Å². The minimum Gasteiger partial charge on any atom is -0.496 e. The fourth-order valence-corrected chi connectivity index (χ4v) is 2.48.